The fraction of sp³-hybridized carbons (Fsp3) is 0.667. The Hall–Kier alpha value is -0.580. The molecule has 20 heavy (non-hydrogen) atoms. The van der Waals surface area contributed by atoms with Crippen molar-refractivity contribution < 1.29 is 4.79 Å². The monoisotopic (exact) mass is 314 g/mol. The van der Waals surface area contributed by atoms with Gasteiger partial charge in [-0.25, -0.2) is 0 Å². The van der Waals surface area contributed by atoms with Crippen LogP contribution in [0.4, 0.5) is 0 Å². The van der Waals surface area contributed by atoms with Crippen LogP contribution in [-0.4, -0.2) is 36.5 Å². The van der Waals surface area contributed by atoms with Gasteiger partial charge in [-0.2, -0.15) is 0 Å². The van der Waals surface area contributed by atoms with Crippen LogP contribution in [0, 0.1) is 0 Å². The third-order valence-electron chi connectivity index (χ3n) is 4.11. The van der Waals surface area contributed by atoms with Gasteiger partial charge in [0, 0.05) is 30.6 Å². The van der Waals surface area contributed by atoms with Gasteiger partial charge < -0.3 is 10.2 Å². The zero-order chi connectivity index (χ0) is 13.2. The van der Waals surface area contributed by atoms with Crippen LogP contribution in [0.15, 0.2) is 6.07 Å². The lowest BCUT2D eigenvalue weighted by Crippen LogP contribution is -2.51. The highest BCUT2D eigenvalue weighted by molar-refractivity contribution is 7.14. The number of carbonyl (C=O) groups excluding carboxylic acids is 1. The number of amides is 1. The Morgan fingerprint density at radius 2 is 2.15 bits per heavy atom. The van der Waals surface area contributed by atoms with Crippen LogP contribution in [0.5, 0.6) is 0 Å². The summed E-state index contributed by atoms with van der Waals surface area (Å²) < 4.78 is 0. The number of carbonyl (C=O) groups is 1. The second-order valence-corrected chi connectivity index (χ2v) is 6.86. The normalized spacial score (nSPS) is 22.6. The molecule has 2 aliphatic rings. The van der Waals surface area contributed by atoms with E-state index in [1.165, 1.54) is 36.1 Å². The molecule has 112 valence electrons. The molecule has 5 heteroatoms. The summed E-state index contributed by atoms with van der Waals surface area (Å²) >= 11 is 1.74. The van der Waals surface area contributed by atoms with E-state index in [2.05, 4.69) is 18.3 Å². The smallest absolute Gasteiger partial charge is 0.264 e. The number of aryl methyl sites for hydroxylation is 2. The minimum absolute atomic E-state index is 0. The van der Waals surface area contributed by atoms with E-state index >= 15 is 0 Å². The number of nitrogens with zero attached hydrogens (tertiary/aromatic N) is 1. The third-order valence-corrected chi connectivity index (χ3v) is 5.34. The van der Waals surface area contributed by atoms with Gasteiger partial charge in [0.1, 0.15) is 0 Å². The van der Waals surface area contributed by atoms with Gasteiger partial charge in [0.2, 0.25) is 0 Å². The molecular formula is C15H23ClN2OS. The van der Waals surface area contributed by atoms with Crippen molar-refractivity contribution in [3.8, 4) is 0 Å². The molecule has 0 spiro atoms. The number of hydrogen-bond donors (Lipinski definition) is 1. The SMILES string of the molecule is CC1CN(C(=O)c2cc3c(s2)CCCCC3)CCN1.Cl. The van der Waals surface area contributed by atoms with Crippen LogP contribution >= 0.6 is 23.7 Å². The lowest BCUT2D eigenvalue weighted by molar-refractivity contribution is 0.0714. The molecule has 1 aliphatic heterocycles. The van der Waals surface area contributed by atoms with E-state index < -0.39 is 0 Å². The third kappa shape index (κ3) is 3.35. The molecule has 3 nitrogen and oxygen atoms in total. The average Bonchev–Trinajstić information content (AvgIpc) is 2.69. The van der Waals surface area contributed by atoms with Crippen LogP contribution < -0.4 is 5.32 Å². The maximum absolute atomic E-state index is 12.6. The second-order valence-electron chi connectivity index (χ2n) is 5.73. The lowest BCUT2D eigenvalue weighted by atomic mass is 10.1. The predicted molar refractivity (Wildman–Crippen MR) is 86.2 cm³/mol. The van der Waals surface area contributed by atoms with Crippen molar-refractivity contribution >= 4 is 29.7 Å². The molecule has 1 fully saturated rings. The van der Waals surface area contributed by atoms with Gasteiger partial charge in [0.25, 0.3) is 5.91 Å². The van der Waals surface area contributed by atoms with Crippen LogP contribution in [-0.2, 0) is 12.8 Å². The molecule has 0 radical (unpaired) electrons. The molecule has 0 bridgehead atoms. The second kappa shape index (κ2) is 6.92. The van der Waals surface area contributed by atoms with Crippen LogP contribution in [0.25, 0.3) is 0 Å². The van der Waals surface area contributed by atoms with Gasteiger partial charge in [0.15, 0.2) is 0 Å². The summed E-state index contributed by atoms with van der Waals surface area (Å²) in [5, 5.41) is 3.38. The van der Waals surface area contributed by atoms with Gasteiger partial charge in [-0.05, 0) is 44.2 Å². The van der Waals surface area contributed by atoms with E-state index in [1.54, 1.807) is 11.3 Å². The summed E-state index contributed by atoms with van der Waals surface area (Å²) in [6.07, 6.45) is 6.23. The molecule has 1 aromatic rings. The summed E-state index contributed by atoms with van der Waals surface area (Å²) in [5.74, 6) is 0.242. The molecule has 1 aromatic heterocycles. The number of thiophene rings is 1. The number of hydrogen-bond acceptors (Lipinski definition) is 3. The first-order chi connectivity index (χ1) is 9.24. The van der Waals surface area contributed by atoms with Crippen molar-refractivity contribution in [3.63, 3.8) is 0 Å². The first kappa shape index (κ1) is 15.8. The first-order valence-electron chi connectivity index (χ1n) is 7.38. The zero-order valence-electron chi connectivity index (χ0n) is 12.0. The van der Waals surface area contributed by atoms with Gasteiger partial charge in [-0.1, -0.05) is 6.42 Å². The number of rotatable bonds is 1. The van der Waals surface area contributed by atoms with E-state index in [0.717, 1.165) is 30.9 Å². The lowest BCUT2D eigenvalue weighted by Gasteiger charge is -2.31. The topological polar surface area (TPSA) is 32.3 Å². The van der Waals surface area contributed by atoms with Gasteiger partial charge >= 0.3 is 0 Å². The highest BCUT2D eigenvalue weighted by Gasteiger charge is 2.24. The summed E-state index contributed by atoms with van der Waals surface area (Å²) in [7, 11) is 0. The molecule has 1 atom stereocenters. The van der Waals surface area contributed by atoms with Gasteiger partial charge in [-0.15, -0.1) is 23.7 Å². The summed E-state index contributed by atoms with van der Waals surface area (Å²) in [5.41, 5.74) is 1.44. The zero-order valence-corrected chi connectivity index (χ0v) is 13.6. The molecular weight excluding hydrogens is 292 g/mol. The molecule has 0 saturated carbocycles. The Labute approximate surface area is 131 Å². The number of fused-ring (bicyclic) bond motifs is 1. The molecule has 3 rings (SSSR count). The molecule has 1 aliphatic carbocycles. The van der Waals surface area contributed by atoms with E-state index in [4.69, 9.17) is 0 Å². The van der Waals surface area contributed by atoms with Crippen molar-refractivity contribution in [1.82, 2.24) is 10.2 Å². The largest absolute Gasteiger partial charge is 0.335 e. The molecule has 1 saturated heterocycles. The van der Waals surface area contributed by atoms with Crippen molar-refractivity contribution in [2.45, 2.75) is 45.1 Å². The highest BCUT2D eigenvalue weighted by atomic mass is 35.5. The van der Waals surface area contributed by atoms with Crippen molar-refractivity contribution in [1.29, 1.82) is 0 Å². The Morgan fingerprint density at radius 1 is 1.35 bits per heavy atom. The first-order valence-corrected chi connectivity index (χ1v) is 8.20. The maximum Gasteiger partial charge on any atom is 0.264 e. The summed E-state index contributed by atoms with van der Waals surface area (Å²) in [4.78, 5) is 17.0. The summed E-state index contributed by atoms with van der Waals surface area (Å²) in [6.45, 7) is 4.73. The van der Waals surface area contributed by atoms with Crippen molar-refractivity contribution in [3.05, 3.63) is 21.4 Å². The summed E-state index contributed by atoms with van der Waals surface area (Å²) in [6, 6.07) is 2.58. The minimum atomic E-state index is 0. The van der Waals surface area contributed by atoms with Crippen molar-refractivity contribution in [2.75, 3.05) is 19.6 Å². The number of nitrogens with one attached hydrogen (secondary N) is 1. The van der Waals surface area contributed by atoms with E-state index in [1.807, 2.05) is 4.90 Å². The van der Waals surface area contributed by atoms with E-state index in [0.29, 0.717) is 6.04 Å². The highest BCUT2D eigenvalue weighted by Crippen LogP contribution is 2.29. The fourth-order valence-corrected chi connectivity index (χ4v) is 4.27. The molecule has 1 N–H and O–H groups in total. The molecule has 0 aromatic carbocycles. The molecule has 2 heterocycles. The maximum atomic E-state index is 12.6. The average molecular weight is 315 g/mol. The standard InChI is InChI=1S/C15H22N2OS.ClH/c1-11-10-17(8-7-16-11)15(18)14-9-12-5-3-2-4-6-13(12)19-14;/h9,11,16H,2-8,10H2,1H3;1H. The van der Waals surface area contributed by atoms with Crippen molar-refractivity contribution in [2.24, 2.45) is 0 Å². The molecule has 1 unspecified atom stereocenters. The van der Waals surface area contributed by atoms with Gasteiger partial charge in [-0.3, -0.25) is 4.79 Å². The minimum Gasteiger partial charge on any atom is -0.335 e. The Morgan fingerprint density at radius 3 is 2.95 bits per heavy atom. The number of halogens is 1. The van der Waals surface area contributed by atoms with Gasteiger partial charge in [0.05, 0.1) is 4.88 Å². The predicted octanol–water partition coefficient (Wildman–Crippen LogP) is 2.87. The fourth-order valence-electron chi connectivity index (χ4n) is 3.05. The molecule has 1 amide bonds. The van der Waals surface area contributed by atoms with E-state index in [-0.39, 0.29) is 18.3 Å². The van der Waals surface area contributed by atoms with Crippen LogP contribution in [0.3, 0.4) is 0 Å². The Bertz CT molecular complexity index is 451. The van der Waals surface area contributed by atoms with E-state index in [9.17, 15) is 4.79 Å². The Kier molecular flexibility index (Phi) is 5.47. The van der Waals surface area contributed by atoms with Crippen LogP contribution in [0.1, 0.15) is 46.3 Å². The number of piperazine rings is 1. The quantitative estimate of drug-likeness (QED) is 0.808. The Balaban J connectivity index is 0.00000147. The van der Waals surface area contributed by atoms with Crippen LogP contribution in [0.2, 0.25) is 0 Å².